The van der Waals surface area contributed by atoms with E-state index >= 15 is 0 Å². The molecule has 1 atom stereocenters. The van der Waals surface area contributed by atoms with Crippen LogP contribution in [0, 0.1) is 0 Å². The van der Waals surface area contributed by atoms with E-state index in [4.69, 9.17) is 0 Å². The summed E-state index contributed by atoms with van der Waals surface area (Å²) < 4.78 is 1.86. The van der Waals surface area contributed by atoms with Crippen molar-refractivity contribution in [2.24, 2.45) is 0 Å². The fourth-order valence-electron chi connectivity index (χ4n) is 4.12. The Hall–Kier alpha value is -2.73. The second-order valence-corrected chi connectivity index (χ2v) is 8.63. The van der Waals surface area contributed by atoms with Crippen molar-refractivity contribution in [3.05, 3.63) is 59.4 Å². The van der Waals surface area contributed by atoms with Gasteiger partial charge in [0.25, 0.3) is 5.91 Å². The van der Waals surface area contributed by atoms with Crippen LogP contribution in [0.25, 0.3) is 11.0 Å². The molecule has 0 radical (unpaired) electrons. The number of nitrogens with zero attached hydrogens (tertiary/aromatic N) is 4. The minimum absolute atomic E-state index is 0.118. The Balaban J connectivity index is 1.35. The second-order valence-electron chi connectivity index (χ2n) is 8.63. The summed E-state index contributed by atoms with van der Waals surface area (Å²) in [6, 6.07) is 11.3. The number of nitrogens with one attached hydrogen (secondary N) is 1. The average Bonchev–Trinajstić information content (AvgIpc) is 3.18. The molecule has 6 nitrogen and oxygen atoms in total. The van der Waals surface area contributed by atoms with Gasteiger partial charge in [-0.2, -0.15) is 5.10 Å². The maximum Gasteiger partial charge on any atom is 0.253 e. The molecular formula is C24H31N5O. The van der Waals surface area contributed by atoms with Gasteiger partial charge in [-0.1, -0.05) is 30.7 Å². The molecule has 1 aliphatic rings. The molecule has 0 aliphatic carbocycles. The Kier molecular flexibility index (Phi) is 6.13. The zero-order valence-corrected chi connectivity index (χ0v) is 18.1. The van der Waals surface area contributed by atoms with Crippen LogP contribution in [-0.4, -0.2) is 38.2 Å². The number of likely N-dealkylation sites (tertiary alicyclic amines) is 1. The Morgan fingerprint density at radius 1 is 1.17 bits per heavy atom. The first-order valence-corrected chi connectivity index (χ1v) is 10.9. The lowest BCUT2D eigenvalue weighted by molar-refractivity contribution is 0.0950. The van der Waals surface area contributed by atoms with Crippen molar-refractivity contribution < 1.29 is 4.79 Å². The quantitative estimate of drug-likeness (QED) is 0.663. The Bertz CT molecular complexity index is 1010. The topological polar surface area (TPSA) is 63.1 Å². The Morgan fingerprint density at radius 2 is 1.93 bits per heavy atom. The third kappa shape index (κ3) is 4.54. The number of rotatable bonds is 6. The van der Waals surface area contributed by atoms with Gasteiger partial charge in [-0.15, -0.1) is 0 Å². The fraction of sp³-hybridized carbons (Fsp3) is 0.458. The van der Waals surface area contributed by atoms with Crippen molar-refractivity contribution in [3.8, 4) is 0 Å². The molecule has 1 N–H and O–H groups in total. The van der Waals surface area contributed by atoms with Gasteiger partial charge in [-0.05, 0) is 57.4 Å². The molecule has 1 fully saturated rings. The van der Waals surface area contributed by atoms with Crippen molar-refractivity contribution in [3.63, 3.8) is 0 Å². The van der Waals surface area contributed by atoms with Crippen molar-refractivity contribution in [1.29, 1.82) is 0 Å². The molecule has 2 aromatic heterocycles. The van der Waals surface area contributed by atoms with Crippen LogP contribution in [0.5, 0.6) is 0 Å². The molecule has 1 amide bonds. The molecule has 1 aliphatic heterocycles. The lowest BCUT2D eigenvalue weighted by Crippen LogP contribution is -2.36. The molecule has 1 saturated heterocycles. The number of aromatic nitrogens is 3. The van der Waals surface area contributed by atoms with Gasteiger partial charge in [0.05, 0.1) is 11.8 Å². The SMILES string of the molecule is CC1CCCCN1Cc1ccc(CNC(=O)c2cnc3c(cnn3C(C)C)c2)cc1. The van der Waals surface area contributed by atoms with E-state index in [2.05, 4.69) is 65.3 Å². The van der Waals surface area contributed by atoms with E-state index < -0.39 is 0 Å². The number of amides is 1. The molecule has 1 unspecified atom stereocenters. The van der Waals surface area contributed by atoms with Crippen LogP contribution < -0.4 is 5.32 Å². The van der Waals surface area contributed by atoms with Gasteiger partial charge < -0.3 is 5.32 Å². The van der Waals surface area contributed by atoms with Crippen molar-refractivity contribution in [2.75, 3.05) is 6.54 Å². The molecule has 158 valence electrons. The molecule has 6 heteroatoms. The van der Waals surface area contributed by atoms with Crippen LogP contribution in [-0.2, 0) is 13.1 Å². The molecule has 0 saturated carbocycles. The monoisotopic (exact) mass is 405 g/mol. The van der Waals surface area contributed by atoms with Gasteiger partial charge in [0.15, 0.2) is 5.65 Å². The number of pyridine rings is 1. The van der Waals surface area contributed by atoms with Crippen molar-refractivity contribution >= 4 is 16.9 Å². The maximum atomic E-state index is 12.6. The highest BCUT2D eigenvalue weighted by Gasteiger charge is 2.18. The van der Waals surface area contributed by atoms with Crippen molar-refractivity contribution in [1.82, 2.24) is 25.0 Å². The fourth-order valence-corrected chi connectivity index (χ4v) is 4.12. The van der Waals surface area contributed by atoms with E-state index in [1.165, 1.54) is 31.4 Å². The molecular weight excluding hydrogens is 374 g/mol. The summed E-state index contributed by atoms with van der Waals surface area (Å²) in [6.07, 6.45) is 7.33. The van der Waals surface area contributed by atoms with Gasteiger partial charge in [0.1, 0.15) is 0 Å². The standard InChI is InChI=1S/C24H31N5O/c1-17(2)29-23-21(15-27-29)12-22(14-25-23)24(30)26-13-19-7-9-20(10-8-19)16-28-11-5-4-6-18(28)3/h7-10,12,14-15,17-18H,4-6,11,13,16H2,1-3H3,(H,26,30). The zero-order chi connectivity index (χ0) is 21.1. The van der Waals surface area contributed by atoms with Crippen LogP contribution in [0.1, 0.15) is 67.6 Å². The van der Waals surface area contributed by atoms with E-state index in [0.717, 1.165) is 23.1 Å². The maximum absolute atomic E-state index is 12.6. The lowest BCUT2D eigenvalue weighted by Gasteiger charge is -2.33. The Morgan fingerprint density at radius 3 is 2.67 bits per heavy atom. The Labute approximate surface area is 178 Å². The summed E-state index contributed by atoms with van der Waals surface area (Å²) in [5, 5.41) is 8.25. The van der Waals surface area contributed by atoms with Crippen LogP contribution in [0.3, 0.4) is 0 Å². The predicted octanol–water partition coefficient (Wildman–Crippen LogP) is 4.32. The third-order valence-corrected chi connectivity index (χ3v) is 5.99. The van der Waals surface area contributed by atoms with Crippen LogP contribution in [0.15, 0.2) is 42.7 Å². The number of benzene rings is 1. The molecule has 30 heavy (non-hydrogen) atoms. The number of hydrogen-bond donors (Lipinski definition) is 1. The number of fused-ring (bicyclic) bond motifs is 1. The number of hydrogen-bond acceptors (Lipinski definition) is 4. The molecule has 0 bridgehead atoms. The second kappa shape index (κ2) is 8.96. The van der Waals surface area contributed by atoms with E-state index in [9.17, 15) is 4.79 Å². The highest BCUT2D eigenvalue weighted by atomic mass is 16.1. The van der Waals surface area contributed by atoms with Gasteiger partial charge >= 0.3 is 0 Å². The normalized spacial score (nSPS) is 17.5. The van der Waals surface area contributed by atoms with Crippen LogP contribution >= 0.6 is 0 Å². The van der Waals surface area contributed by atoms with Gasteiger partial charge in [-0.25, -0.2) is 9.67 Å². The summed E-state index contributed by atoms with van der Waals surface area (Å²) in [4.78, 5) is 19.6. The third-order valence-electron chi connectivity index (χ3n) is 5.99. The van der Waals surface area contributed by atoms with Gasteiger partial charge in [0, 0.05) is 36.8 Å². The molecule has 0 spiro atoms. The van der Waals surface area contributed by atoms with E-state index in [1.807, 2.05) is 10.7 Å². The first-order chi connectivity index (χ1) is 14.5. The summed E-state index contributed by atoms with van der Waals surface area (Å²) >= 11 is 0. The molecule has 3 heterocycles. The summed E-state index contributed by atoms with van der Waals surface area (Å²) in [6.45, 7) is 9.14. The minimum atomic E-state index is -0.118. The summed E-state index contributed by atoms with van der Waals surface area (Å²) in [5.74, 6) is -0.118. The molecule has 1 aromatic carbocycles. The zero-order valence-electron chi connectivity index (χ0n) is 18.1. The van der Waals surface area contributed by atoms with E-state index in [-0.39, 0.29) is 11.9 Å². The molecule has 3 aromatic rings. The highest BCUT2D eigenvalue weighted by molar-refractivity contribution is 5.96. The summed E-state index contributed by atoms with van der Waals surface area (Å²) in [5.41, 5.74) is 3.79. The first-order valence-electron chi connectivity index (χ1n) is 10.9. The lowest BCUT2D eigenvalue weighted by atomic mass is 10.0. The largest absolute Gasteiger partial charge is 0.348 e. The minimum Gasteiger partial charge on any atom is -0.348 e. The average molecular weight is 406 g/mol. The van der Waals surface area contributed by atoms with Gasteiger partial charge in [-0.3, -0.25) is 9.69 Å². The number of carbonyl (C=O) groups excluding carboxylic acids is 1. The van der Waals surface area contributed by atoms with Gasteiger partial charge in [0.2, 0.25) is 0 Å². The predicted molar refractivity (Wildman–Crippen MR) is 119 cm³/mol. The summed E-state index contributed by atoms with van der Waals surface area (Å²) in [7, 11) is 0. The molecule has 4 rings (SSSR count). The number of carbonyl (C=O) groups is 1. The van der Waals surface area contributed by atoms with E-state index in [1.54, 1.807) is 12.4 Å². The van der Waals surface area contributed by atoms with Crippen LogP contribution in [0.2, 0.25) is 0 Å². The van der Waals surface area contributed by atoms with E-state index in [0.29, 0.717) is 18.2 Å². The smallest absolute Gasteiger partial charge is 0.253 e. The highest BCUT2D eigenvalue weighted by Crippen LogP contribution is 2.20. The number of piperidine rings is 1. The van der Waals surface area contributed by atoms with Crippen LogP contribution in [0.4, 0.5) is 0 Å². The first kappa shape index (κ1) is 20.5. The van der Waals surface area contributed by atoms with Crippen molar-refractivity contribution in [2.45, 2.75) is 65.2 Å².